The number of carboxylic acid groups (broad SMARTS) is 3. The Kier molecular flexibility index (Phi) is 13.9. The van der Waals surface area contributed by atoms with Crippen LogP contribution in [0.1, 0.15) is 38.5 Å². The average molecular weight is 477 g/mol. The molecule has 0 aromatic heterocycles. The minimum atomic E-state index is -1.83. The predicted molar refractivity (Wildman–Crippen MR) is 111 cm³/mol. The summed E-state index contributed by atoms with van der Waals surface area (Å²) < 4.78 is 0. The van der Waals surface area contributed by atoms with Gasteiger partial charge in [-0.1, -0.05) is 6.42 Å². The Balaban J connectivity index is 5.27. The van der Waals surface area contributed by atoms with E-state index in [0.29, 0.717) is 19.4 Å². The molecule has 188 valence electrons. The maximum atomic E-state index is 12.5. The van der Waals surface area contributed by atoms with Crippen molar-refractivity contribution < 1.29 is 49.2 Å². The van der Waals surface area contributed by atoms with Crippen molar-refractivity contribution in [1.82, 2.24) is 16.0 Å². The Bertz CT molecular complexity index is 717. The van der Waals surface area contributed by atoms with E-state index in [4.69, 9.17) is 26.8 Å². The summed E-state index contributed by atoms with van der Waals surface area (Å²) in [5.74, 6) is -7.45. The van der Waals surface area contributed by atoms with Crippen LogP contribution in [0.3, 0.4) is 0 Å². The monoisotopic (exact) mass is 477 g/mol. The quantitative estimate of drug-likeness (QED) is 0.0916. The van der Waals surface area contributed by atoms with Crippen molar-refractivity contribution in [3.63, 3.8) is 0 Å². The number of aliphatic carboxylic acids is 3. The Labute approximate surface area is 188 Å². The smallest absolute Gasteiger partial charge is 0.326 e. The molecule has 0 aliphatic rings. The van der Waals surface area contributed by atoms with Crippen molar-refractivity contribution in [2.24, 2.45) is 11.5 Å². The second kappa shape index (κ2) is 15.5. The number of amides is 3. The summed E-state index contributed by atoms with van der Waals surface area (Å²) in [6, 6.07) is -5.95. The maximum absolute atomic E-state index is 12.5. The number of aliphatic hydroxyl groups is 1. The van der Waals surface area contributed by atoms with Crippen LogP contribution in [0.2, 0.25) is 0 Å². The van der Waals surface area contributed by atoms with Crippen LogP contribution in [-0.4, -0.2) is 93.4 Å². The molecular weight excluding hydrogens is 446 g/mol. The molecule has 0 saturated carbocycles. The van der Waals surface area contributed by atoms with Crippen LogP contribution >= 0.6 is 0 Å². The number of carboxylic acids is 3. The van der Waals surface area contributed by atoms with Crippen LogP contribution in [0.5, 0.6) is 0 Å². The van der Waals surface area contributed by atoms with E-state index in [1.807, 2.05) is 5.32 Å². The fourth-order valence-electron chi connectivity index (χ4n) is 2.57. The van der Waals surface area contributed by atoms with E-state index < -0.39 is 85.7 Å². The van der Waals surface area contributed by atoms with Gasteiger partial charge in [0.05, 0.1) is 19.1 Å². The number of unbranched alkanes of at least 4 members (excludes halogenated alkanes) is 1. The van der Waals surface area contributed by atoms with Gasteiger partial charge in [-0.25, -0.2) is 4.79 Å². The first-order valence-corrected chi connectivity index (χ1v) is 10.1. The third-order valence-electron chi connectivity index (χ3n) is 4.39. The number of rotatable bonds is 17. The molecule has 0 fully saturated rings. The van der Waals surface area contributed by atoms with Gasteiger partial charge in [-0.2, -0.15) is 0 Å². The predicted octanol–water partition coefficient (Wildman–Crippen LogP) is -3.69. The minimum absolute atomic E-state index is 0.270. The maximum Gasteiger partial charge on any atom is 0.326 e. The van der Waals surface area contributed by atoms with E-state index in [9.17, 15) is 33.9 Å². The molecule has 11 N–H and O–H groups in total. The van der Waals surface area contributed by atoms with Gasteiger partial charge in [-0.05, 0) is 25.8 Å². The van der Waals surface area contributed by atoms with Crippen LogP contribution in [0.25, 0.3) is 0 Å². The molecule has 15 nitrogen and oxygen atoms in total. The lowest BCUT2D eigenvalue weighted by atomic mass is 10.1. The molecule has 0 saturated heterocycles. The molecule has 0 aliphatic carbocycles. The Morgan fingerprint density at radius 2 is 1.27 bits per heavy atom. The van der Waals surface area contributed by atoms with Gasteiger partial charge in [0.2, 0.25) is 17.7 Å². The molecule has 0 spiro atoms. The molecule has 4 unspecified atom stereocenters. The molecule has 0 heterocycles. The van der Waals surface area contributed by atoms with Crippen LogP contribution < -0.4 is 27.4 Å². The summed E-state index contributed by atoms with van der Waals surface area (Å²) in [4.78, 5) is 69.8. The third-order valence-corrected chi connectivity index (χ3v) is 4.39. The van der Waals surface area contributed by atoms with E-state index in [0.717, 1.165) is 0 Å². The van der Waals surface area contributed by atoms with E-state index >= 15 is 0 Å². The lowest BCUT2D eigenvalue weighted by molar-refractivity contribution is -0.147. The van der Waals surface area contributed by atoms with Crippen molar-refractivity contribution >= 4 is 35.6 Å². The van der Waals surface area contributed by atoms with Gasteiger partial charge in [-0.3, -0.25) is 24.0 Å². The van der Waals surface area contributed by atoms with Gasteiger partial charge in [-0.15, -0.1) is 0 Å². The molecule has 0 aromatic carbocycles. The van der Waals surface area contributed by atoms with Gasteiger partial charge in [0.1, 0.15) is 18.1 Å². The normalized spacial score (nSPS) is 14.3. The number of hydrogen-bond donors (Lipinski definition) is 9. The molecule has 15 heteroatoms. The standard InChI is InChI=1S/C18H31N5O10/c19-6-2-1-3-9(20)15(29)23-12(8-24)17(31)21-10(4-5-13(25)26)16(30)22-11(18(32)33)7-14(27)28/h9-12,24H,1-8,19-20H2,(H,21,31)(H,22,30)(H,23,29)(H,25,26)(H,27,28)(H,32,33). The highest BCUT2D eigenvalue weighted by Crippen LogP contribution is 2.03. The fraction of sp³-hybridized carbons (Fsp3) is 0.667. The van der Waals surface area contributed by atoms with E-state index in [1.54, 1.807) is 0 Å². The lowest BCUT2D eigenvalue weighted by Crippen LogP contribution is -2.58. The van der Waals surface area contributed by atoms with Gasteiger partial charge in [0.15, 0.2) is 0 Å². The van der Waals surface area contributed by atoms with E-state index in [-0.39, 0.29) is 6.42 Å². The molecule has 4 atom stereocenters. The first kappa shape index (κ1) is 29.7. The second-order valence-electron chi connectivity index (χ2n) is 7.13. The molecule has 0 radical (unpaired) electrons. The molecule has 0 rings (SSSR count). The average Bonchev–Trinajstić information content (AvgIpc) is 2.73. The van der Waals surface area contributed by atoms with Crippen molar-refractivity contribution in [2.75, 3.05) is 13.2 Å². The van der Waals surface area contributed by atoms with Crippen LogP contribution in [0.15, 0.2) is 0 Å². The Morgan fingerprint density at radius 1 is 0.727 bits per heavy atom. The number of carbonyl (C=O) groups excluding carboxylic acids is 3. The van der Waals surface area contributed by atoms with Gasteiger partial charge < -0.3 is 47.8 Å². The summed E-state index contributed by atoms with van der Waals surface area (Å²) in [6.07, 6.45) is -0.580. The summed E-state index contributed by atoms with van der Waals surface area (Å²) in [7, 11) is 0. The number of carbonyl (C=O) groups is 6. The zero-order chi connectivity index (χ0) is 25.6. The zero-order valence-corrected chi connectivity index (χ0v) is 17.9. The zero-order valence-electron chi connectivity index (χ0n) is 17.9. The molecule has 3 amide bonds. The Hall–Kier alpha value is -3.30. The number of aliphatic hydroxyl groups excluding tert-OH is 1. The largest absolute Gasteiger partial charge is 0.481 e. The number of hydrogen-bond acceptors (Lipinski definition) is 9. The van der Waals surface area contributed by atoms with Gasteiger partial charge in [0.25, 0.3) is 0 Å². The summed E-state index contributed by atoms with van der Waals surface area (Å²) in [6.45, 7) is -0.470. The summed E-state index contributed by atoms with van der Waals surface area (Å²) in [5, 5.41) is 42.4. The van der Waals surface area contributed by atoms with Crippen LogP contribution in [0.4, 0.5) is 0 Å². The molecule has 0 bridgehead atoms. The third kappa shape index (κ3) is 12.4. The van der Waals surface area contributed by atoms with E-state index in [2.05, 4.69) is 10.6 Å². The van der Waals surface area contributed by atoms with Gasteiger partial charge in [0, 0.05) is 6.42 Å². The lowest BCUT2D eigenvalue weighted by Gasteiger charge is -2.24. The molecular formula is C18H31N5O10. The fourth-order valence-corrected chi connectivity index (χ4v) is 2.57. The molecule has 0 aliphatic heterocycles. The van der Waals surface area contributed by atoms with Crippen LogP contribution in [0, 0.1) is 0 Å². The van der Waals surface area contributed by atoms with Gasteiger partial charge >= 0.3 is 17.9 Å². The first-order valence-electron chi connectivity index (χ1n) is 10.1. The SMILES string of the molecule is NCCCCC(N)C(=O)NC(CO)C(=O)NC(CCC(=O)O)C(=O)NC(CC(=O)O)C(=O)O. The Morgan fingerprint density at radius 3 is 1.76 bits per heavy atom. The first-order chi connectivity index (χ1) is 15.4. The highest BCUT2D eigenvalue weighted by Gasteiger charge is 2.31. The van der Waals surface area contributed by atoms with E-state index in [1.165, 1.54) is 0 Å². The van der Waals surface area contributed by atoms with Crippen molar-refractivity contribution in [1.29, 1.82) is 0 Å². The summed E-state index contributed by atoms with van der Waals surface area (Å²) >= 11 is 0. The van der Waals surface area contributed by atoms with Crippen molar-refractivity contribution in [3.8, 4) is 0 Å². The van der Waals surface area contributed by atoms with Crippen molar-refractivity contribution in [3.05, 3.63) is 0 Å². The van der Waals surface area contributed by atoms with Crippen molar-refractivity contribution in [2.45, 2.75) is 62.7 Å². The molecule has 33 heavy (non-hydrogen) atoms. The molecule has 0 aromatic rings. The number of nitrogens with two attached hydrogens (primary N) is 2. The minimum Gasteiger partial charge on any atom is -0.481 e. The summed E-state index contributed by atoms with van der Waals surface area (Å²) in [5.41, 5.74) is 11.1. The van der Waals surface area contributed by atoms with Crippen LogP contribution in [-0.2, 0) is 28.8 Å². The topological polar surface area (TPSA) is 271 Å². The number of nitrogens with one attached hydrogen (secondary N) is 3. The highest BCUT2D eigenvalue weighted by atomic mass is 16.4. The second-order valence-corrected chi connectivity index (χ2v) is 7.13. The highest BCUT2D eigenvalue weighted by molar-refractivity contribution is 5.94.